The molecule has 3 aromatic carbocycles. The molecule has 13 heteroatoms. The molecule has 0 aliphatic carbocycles. The number of nitrogens with zero attached hydrogens (tertiary/aromatic N) is 3. The van der Waals surface area contributed by atoms with Gasteiger partial charge in [0.15, 0.2) is 5.76 Å². The predicted molar refractivity (Wildman–Crippen MR) is 147 cm³/mol. The zero-order valence-electron chi connectivity index (χ0n) is 18.0. The number of hydrazone groups is 1. The van der Waals surface area contributed by atoms with Gasteiger partial charge in [0, 0.05) is 29.7 Å². The summed E-state index contributed by atoms with van der Waals surface area (Å²) in [5, 5.41) is 26.1. The first-order chi connectivity index (χ1) is 17.2. The summed E-state index contributed by atoms with van der Waals surface area (Å²) in [6, 6.07) is 15.3. The van der Waals surface area contributed by atoms with Gasteiger partial charge in [-0.15, -0.1) is 0 Å². The predicted octanol–water partition coefficient (Wildman–Crippen LogP) is 5.80. The van der Waals surface area contributed by atoms with E-state index in [1.165, 1.54) is 42.6 Å². The van der Waals surface area contributed by atoms with Gasteiger partial charge in [-0.05, 0) is 92.7 Å². The number of non-ortho nitro benzene ring substituents is 2. The van der Waals surface area contributed by atoms with Crippen molar-refractivity contribution < 1.29 is 23.8 Å². The van der Waals surface area contributed by atoms with E-state index < -0.39 is 15.8 Å². The minimum absolute atomic E-state index is 0.0166. The number of nitro groups is 2. The maximum atomic E-state index is 12.4. The summed E-state index contributed by atoms with van der Waals surface area (Å²) in [6.07, 6.45) is 1.47. The van der Waals surface area contributed by atoms with Crippen molar-refractivity contribution in [3.05, 3.63) is 105 Å². The number of benzene rings is 3. The van der Waals surface area contributed by atoms with Crippen LogP contribution in [0.2, 0.25) is 0 Å². The Morgan fingerprint density at radius 1 is 0.972 bits per heavy atom. The molecule has 0 spiro atoms. The first-order valence-electron chi connectivity index (χ1n) is 10.1. The molecule has 0 aliphatic rings. The maximum Gasteiger partial charge on any atom is 0.307 e. The lowest BCUT2D eigenvalue weighted by Crippen LogP contribution is -2.16. The number of amides is 1. The number of nitro benzene ring substituents is 2. The molecule has 0 fully saturated rings. The maximum absolute atomic E-state index is 12.4. The van der Waals surface area contributed by atoms with E-state index >= 15 is 0 Å². The largest absolute Gasteiger partial charge is 0.487 e. The first kappa shape index (κ1) is 25.5. The molecule has 4 aromatic rings. The fourth-order valence-corrected chi connectivity index (χ4v) is 5.27. The number of halogens is 2. The molecular formula is C23H14I2N4O7. The van der Waals surface area contributed by atoms with E-state index in [1.54, 1.807) is 12.1 Å². The van der Waals surface area contributed by atoms with E-state index in [4.69, 9.17) is 9.15 Å². The number of hydrogen-bond donors (Lipinski definition) is 1. The van der Waals surface area contributed by atoms with Crippen LogP contribution in [0.15, 0.2) is 70.2 Å². The molecule has 0 saturated heterocycles. The highest BCUT2D eigenvalue weighted by molar-refractivity contribution is 14.1. The first-order valence-corrected chi connectivity index (χ1v) is 12.2. The Morgan fingerprint density at radius 3 is 2.25 bits per heavy atom. The molecule has 0 unspecified atom stereocenters. The Hall–Kier alpha value is -3.60. The van der Waals surface area contributed by atoms with E-state index in [9.17, 15) is 25.0 Å². The fraction of sp³-hybridized carbons (Fsp3) is 0.0435. The lowest BCUT2D eigenvalue weighted by Gasteiger charge is -2.11. The number of nitrogens with one attached hydrogen (secondary N) is 1. The lowest BCUT2D eigenvalue weighted by molar-refractivity contribution is -0.385. The average molecular weight is 712 g/mol. The van der Waals surface area contributed by atoms with Crippen LogP contribution in [0.5, 0.6) is 5.75 Å². The molecule has 0 atom stereocenters. The molecule has 1 amide bonds. The molecule has 36 heavy (non-hydrogen) atoms. The second-order valence-electron chi connectivity index (χ2n) is 7.31. The quantitative estimate of drug-likeness (QED) is 0.105. The van der Waals surface area contributed by atoms with Gasteiger partial charge < -0.3 is 9.15 Å². The van der Waals surface area contributed by atoms with Crippen LogP contribution >= 0.6 is 45.2 Å². The minimum Gasteiger partial charge on any atom is -0.487 e. The van der Waals surface area contributed by atoms with Gasteiger partial charge in [0.05, 0.1) is 23.2 Å². The Balaban J connectivity index is 1.39. The van der Waals surface area contributed by atoms with Crippen molar-refractivity contribution in [1.82, 2.24) is 5.43 Å². The second-order valence-corrected chi connectivity index (χ2v) is 9.64. The van der Waals surface area contributed by atoms with Gasteiger partial charge >= 0.3 is 5.91 Å². The molecule has 0 saturated carbocycles. The van der Waals surface area contributed by atoms with Crippen molar-refractivity contribution in [3.8, 4) is 5.75 Å². The summed E-state index contributed by atoms with van der Waals surface area (Å²) in [4.78, 5) is 33.1. The van der Waals surface area contributed by atoms with Crippen molar-refractivity contribution in [2.24, 2.45) is 5.10 Å². The van der Waals surface area contributed by atoms with Crippen LogP contribution in [0.1, 0.15) is 21.7 Å². The fourth-order valence-electron chi connectivity index (χ4n) is 3.14. The molecule has 0 aliphatic heterocycles. The van der Waals surface area contributed by atoms with Crippen molar-refractivity contribution in [2.45, 2.75) is 6.61 Å². The number of carbonyl (C=O) groups excluding carboxylic acids is 1. The average Bonchev–Trinajstić information content (AvgIpc) is 3.27. The normalized spacial score (nSPS) is 11.1. The van der Waals surface area contributed by atoms with Crippen molar-refractivity contribution in [3.63, 3.8) is 0 Å². The van der Waals surface area contributed by atoms with Gasteiger partial charge in [-0.2, -0.15) is 5.10 Å². The molecule has 1 heterocycles. The molecule has 0 bridgehead atoms. The van der Waals surface area contributed by atoms with E-state index in [0.29, 0.717) is 22.3 Å². The van der Waals surface area contributed by atoms with Gasteiger partial charge in [0.1, 0.15) is 17.9 Å². The Kier molecular flexibility index (Phi) is 7.78. The highest BCUT2D eigenvalue weighted by atomic mass is 127. The SMILES string of the molecule is O=C(N/N=C\c1cc(I)c(OCc2ccc([N+](=O)[O-])cc2)c(I)c1)c1cc2cc([N+](=O)[O-])ccc2o1. The van der Waals surface area contributed by atoms with Gasteiger partial charge in [0.2, 0.25) is 0 Å². The second kappa shape index (κ2) is 11.0. The summed E-state index contributed by atoms with van der Waals surface area (Å²) < 4.78 is 13.0. The van der Waals surface area contributed by atoms with Gasteiger partial charge in [-0.3, -0.25) is 25.0 Å². The number of ether oxygens (including phenoxy) is 1. The summed E-state index contributed by atoms with van der Waals surface area (Å²) in [5.41, 5.74) is 4.15. The van der Waals surface area contributed by atoms with E-state index in [-0.39, 0.29) is 23.7 Å². The van der Waals surface area contributed by atoms with Crippen molar-refractivity contribution >= 4 is 79.6 Å². The zero-order valence-corrected chi connectivity index (χ0v) is 22.3. The molecular weight excluding hydrogens is 698 g/mol. The molecule has 1 aromatic heterocycles. The van der Waals surface area contributed by atoms with Gasteiger partial charge in [-0.25, -0.2) is 5.43 Å². The highest BCUT2D eigenvalue weighted by Crippen LogP contribution is 2.29. The number of fused-ring (bicyclic) bond motifs is 1. The van der Waals surface area contributed by atoms with Crippen molar-refractivity contribution in [2.75, 3.05) is 0 Å². The zero-order chi connectivity index (χ0) is 25.8. The number of hydrogen-bond acceptors (Lipinski definition) is 8. The van der Waals surface area contributed by atoms with Crippen LogP contribution in [-0.2, 0) is 6.61 Å². The van der Waals surface area contributed by atoms with Crippen LogP contribution < -0.4 is 10.2 Å². The van der Waals surface area contributed by atoms with E-state index in [1.807, 2.05) is 12.1 Å². The number of rotatable bonds is 8. The third kappa shape index (κ3) is 5.96. The van der Waals surface area contributed by atoms with Gasteiger partial charge in [-0.1, -0.05) is 0 Å². The summed E-state index contributed by atoms with van der Waals surface area (Å²) in [7, 11) is 0. The summed E-state index contributed by atoms with van der Waals surface area (Å²) in [5.74, 6) is 0.0338. The monoisotopic (exact) mass is 712 g/mol. The van der Waals surface area contributed by atoms with Crippen LogP contribution in [0.3, 0.4) is 0 Å². The lowest BCUT2D eigenvalue weighted by atomic mass is 10.2. The van der Waals surface area contributed by atoms with Crippen LogP contribution in [0.4, 0.5) is 11.4 Å². The van der Waals surface area contributed by atoms with E-state index in [0.717, 1.165) is 12.7 Å². The molecule has 1 N–H and O–H groups in total. The number of furan rings is 1. The van der Waals surface area contributed by atoms with Crippen LogP contribution in [0, 0.1) is 27.4 Å². The van der Waals surface area contributed by atoms with Gasteiger partial charge in [0.25, 0.3) is 11.4 Å². The highest BCUT2D eigenvalue weighted by Gasteiger charge is 2.15. The van der Waals surface area contributed by atoms with Crippen LogP contribution in [-0.4, -0.2) is 22.0 Å². The molecule has 11 nitrogen and oxygen atoms in total. The minimum atomic E-state index is -0.599. The molecule has 0 radical (unpaired) electrons. The Labute approximate surface area is 230 Å². The number of carbonyl (C=O) groups is 1. The van der Waals surface area contributed by atoms with Crippen LogP contribution in [0.25, 0.3) is 11.0 Å². The van der Waals surface area contributed by atoms with Crippen molar-refractivity contribution in [1.29, 1.82) is 0 Å². The topological polar surface area (TPSA) is 150 Å². The standard InChI is InChI=1S/C23H14I2N4O7/c24-18-7-14(8-19(25)22(18)35-12-13-1-3-16(4-2-13)28(31)32)11-26-27-23(30)21-10-15-9-17(29(33)34)5-6-20(15)36-21/h1-11H,12H2,(H,27,30)/b26-11-. The van der Waals surface area contributed by atoms with E-state index in [2.05, 4.69) is 55.7 Å². The summed E-state index contributed by atoms with van der Waals surface area (Å²) in [6.45, 7) is 0.244. The third-order valence-electron chi connectivity index (χ3n) is 4.87. The smallest absolute Gasteiger partial charge is 0.307 e. The Morgan fingerprint density at radius 2 is 1.61 bits per heavy atom. The summed E-state index contributed by atoms with van der Waals surface area (Å²) >= 11 is 4.25. The Bertz CT molecular complexity index is 1490. The third-order valence-corrected chi connectivity index (χ3v) is 6.47. The molecule has 4 rings (SSSR count). The molecule has 182 valence electrons.